The summed E-state index contributed by atoms with van der Waals surface area (Å²) >= 11 is 5.19. The van der Waals surface area contributed by atoms with E-state index in [1.165, 1.54) is 0 Å². The Hall–Kier alpha value is -1.72. The van der Waals surface area contributed by atoms with Crippen LogP contribution in [0.15, 0.2) is 30.5 Å². The predicted octanol–water partition coefficient (Wildman–Crippen LogP) is 1.79. The second-order valence-corrected chi connectivity index (χ2v) is 4.39. The van der Waals surface area contributed by atoms with Gasteiger partial charge in [0.05, 0.1) is 5.52 Å². The van der Waals surface area contributed by atoms with Crippen molar-refractivity contribution in [1.29, 1.82) is 0 Å². The molecule has 94 valence electrons. The van der Waals surface area contributed by atoms with E-state index in [0.717, 1.165) is 22.2 Å². The van der Waals surface area contributed by atoms with E-state index in [4.69, 9.17) is 18.0 Å². The van der Waals surface area contributed by atoms with Gasteiger partial charge in [-0.25, -0.2) is 0 Å². The monoisotopic (exact) mass is 260 g/mol. The molecule has 0 aliphatic heterocycles. The first kappa shape index (κ1) is 12.7. The summed E-state index contributed by atoms with van der Waals surface area (Å²) in [5, 5.41) is 7.90. The van der Waals surface area contributed by atoms with Crippen molar-refractivity contribution in [3.63, 3.8) is 0 Å². The summed E-state index contributed by atoms with van der Waals surface area (Å²) in [6, 6.07) is 8.02. The van der Waals surface area contributed by atoms with Crippen molar-refractivity contribution < 1.29 is 0 Å². The number of rotatable bonds is 3. The molecule has 0 spiro atoms. The Kier molecular flexibility index (Phi) is 4.07. The van der Waals surface area contributed by atoms with Crippen molar-refractivity contribution in [2.24, 2.45) is 5.73 Å². The van der Waals surface area contributed by atoms with E-state index in [1.54, 1.807) is 6.20 Å². The molecular formula is C13H16N4S. The molecule has 0 radical (unpaired) electrons. The first-order chi connectivity index (χ1) is 8.72. The molecule has 1 heterocycles. The first-order valence-corrected chi connectivity index (χ1v) is 6.22. The maximum absolute atomic E-state index is 5.41. The summed E-state index contributed by atoms with van der Waals surface area (Å²) in [5.41, 5.74) is 8.46. The quantitative estimate of drug-likeness (QED) is 0.734. The fourth-order valence-electron chi connectivity index (χ4n) is 1.78. The summed E-state index contributed by atoms with van der Waals surface area (Å²) < 4.78 is 0. The van der Waals surface area contributed by atoms with Gasteiger partial charge >= 0.3 is 0 Å². The predicted molar refractivity (Wildman–Crippen MR) is 79.8 cm³/mol. The molecule has 2 aromatic rings. The van der Waals surface area contributed by atoms with Crippen LogP contribution in [-0.4, -0.2) is 23.2 Å². The SMILES string of the molecule is Cc1c(NC(=S)NCCN)ccc2cccnc12. The highest BCUT2D eigenvalue weighted by Crippen LogP contribution is 2.23. The number of hydrogen-bond acceptors (Lipinski definition) is 3. The Morgan fingerprint density at radius 1 is 1.39 bits per heavy atom. The molecule has 0 aliphatic rings. The molecular weight excluding hydrogens is 244 g/mol. The Balaban J connectivity index is 2.24. The lowest BCUT2D eigenvalue weighted by Crippen LogP contribution is -2.32. The molecule has 0 aliphatic carbocycles. The topological polar surface area (TPSA) is 63.0 Å². The van der Waals surface area contributed by atoms with Crippen molar-refractivity contribution in [3.8, 4) is 0 Å². The average Bonchev–Trinajstić information content (AvgIpc) is 2.40. The number of nitrogens with one attached hydrogen (secondary N) is 2. The summed E-state index contributed by atoms with van der Waals surface area (Å²) in [6.07, 6.45) is 1.80. The summed E-state index contributed by atoms with van der Waals surface area (Å²) in [4.78, 5) is 4.39. The molecule has 0 saturated carbocycles. The maximum atomic E-state index is 5.41. The van der Waals surface area contributed by atoms with Gasteiger partial charge in [0.1, 0.15) is 0 Å². The van der Waals surface area contributed by atoms with Gasteiger partial charge in [-0.2, -0.15) is 0 Å². The van der Waals surface area contributed by atoms with Gasteiger partial charge in [0, 0.05) is 30.4 Å². The van der Waals surface area contributed by atoms with E-state index in [-0.39, 0.29) is 0 Å². The van der Waals surface area contributed by atoms with Crippen LogP contribution in [0.2, 0.25) is 0 Å². The summed E-state index contributed by atoms with van der Waals surface area (Å²) in [7, 11) is 0. The molecule has 18 heavy (non-hydrogen) atoms. The lowest BCUT2D eigenvalue weighted by molar-refractivity contribution is 0.883. The fraction of sp³-hybridized carbons (Fsp3) is 0.231. The standard InChI is InChI=1S/C13H16N4S/c1-9-11(17-13(18)16-8-6-14)5-4-10-3-2-7-15-12(9)10/h2-5,7H,6,8,14H2,1H3,(H2,16,17,18). The van der Waals surface area contributed by atoms with E-state index in [2.05, 4.69) is 15.6 Å². The van der Waals surface area contributed by atoms with Gasteiger partial charge in [-0.05, 0) is 36.8 Å². The van der Waals surface area contributed by atoms with Crippen molar-refractivity contribution in [2.45, 2.75) is 6.92 Å². The third-order valence-electron chi connectivity index (χ3n) is 2.71. The van der Waals surface area contributed by atoms with Gasteiger partial charge in [-0.15, -0.1) is 0 Å². The molecule has 0 fully saturated rings. The minimum absolute atomic E-state index is 0.556. The molecule has 2 rings (SSSR count). The normalized spacial score (nSPS) is 10.3. The molecule has 1 aromatic heterocycles. The number of aromatic nitrogens is 1. The van der Waals surface area contributed by atoms with Crippen LogP contribution in [0.5, 0.6) is 0 Å². The zero-order chi connectivity index (χ0) is 13.0. The number of anilines is 1. The zero-order valence-corrected chi connectivity index (χ0v) is 11.1. The van der Waals surface area contributed by atoms with Crippen molar-refractivity contribution in [2.75, 3.05) is 18.4 Å². The molecule has 4 N–H and O–H groups in total. The molecule has 0 atom stereocenters. The zero-order valence-electron chi connectivity index (χ0n) is 10.2. The Morgan fingerprint density at radius 3 is 3.00 bits per heavy atom. The number of thiocarbonyl (C=S) groups is 1. The van der Waals surface area contributed by atoms with Crippen LogP contribution in [0, 0.1) is 6.92 Å². The van der Waals surface area contributed by atoms with Crippen molar-refractivity contribution in [3.05, 3.63) is 36.0 Å². The number of nitrogens with two attached hydrogens (primary N) is 1. The molecule has 0 unspecified atom stereocenters. The highest BCUT2D eigenvalue weighted by Gasteiger charge is 2.05. The Morgan fingerprint density at radius 2 is 2.22 bits per heavy atom. The van der Waals surface area contributed by atoms with Gasteiger partial charge in [0.2, 0.25) is 0 Å². The van der Waals surface area contributed by atoms with Crippen LogP contribution >= 0.6 is 12.2 Å². The summed E-state index contributed by atoms with van der Waals surface area (Å²) in [6.45, 7) is 3.25. The number of aryl methyl sites for hydroxylation is 1. The Bertz CT molecular complexity index is 568. The third-order valence-corrected chi connectivity index (χ3v) is 2.95. The number of fused-ring (bicyclic) bond motifs is 1. The van der Waals surface area contributed by atoms with Crippen molar-refractivity contribution in [1.82, 2.24) is 10.3 Å². The van der Waals surface area contributed by atoms with Crippen LogP contribution in [0.25, 0.3) is 10.9 Å². The van der Waals surface area contributed by atoms with Gasteiger partial charge in [0.25, 0.3) is 0 Å². The van der Waals surface area contributed by atoms with Crippen LogP contribution in [0.3, 0.4) is 0 Å². The minimum Gasteiger partial charge on any atom is -0.361 e. The van der Waals surface area contributed by atoms with E-state index >= 15 is 0 Å². The van der Waals surface area contributed by atoms with E-state index in [9.17, 15) is 0 Å². The highest BCUT2D eigenvalue weighted by molar-refractivity contribution is 7.80. The van der Waals surface area contributed by atoms with Crippen LogP contribution in [0.4, 0.5) is 5.69 Å². The van der Waals surface area contributed by atoms with E-state index in [0.29, 0.717) is 18.2 Å². The van der Waals surface area contributed by atoms with Crippen LogP contribution < -0.4 is 16.4 Å². The Labute approximate surface area is 112 Å². The molecule has 0 saturated heterocycles. The fourth-order valence-corrected chi connectivity index (χ4v) is 1.99. The summed E-state index contributed by atoms with van der Waals surface area (Å²) in [5.74, 6) is 0. The minimum atomic E-state index is 0.556. The number of nitrogens with zero attached hydrogens (tertiary/aromatic N) is 1. The molecule has 1 aromatic carbocycles. The largest absolute Gasteiger partial charge is 0.361 e. The molecule has 0 amide bonds. The molecule has 5 heteroatoms. The number of benzene rings is 1. The molecule has 4 nitrogen and oxygen atoms in total. The smallest absolute Gasteiger partial charge is 0.170 e. The lowest BCUT2D eigenvalue weighted by atomic mass is 10.1. The van der Waals surface area contributed by atoms with Gasteiger partial charge in [-0.1, -0.05) is 12.1 Å². The third kappa shape index (κ3) is 2.75. The maximum Gasteiger partial charge on any atom is 0.170 e. The van der Waals surface area contributed by atoms with Crippen molar-refractivity contribution >= 4 is 33.9 Å². The lowest BCUT2D eigenvalue weighted by Gasteiger charge is -2.13. The van der Waals surface area contributed by atoms with Crippen LogP contribution in [-0.2, 0) is 0 Å². The van der Waals surface area contributed by atoms with Gasteiger partial charge in [-0.3, -0.25) is 4.98 Å². The van der Waals surface area contributed by atoms with Crippen LogP contribution in [0.1, 0.15) is 5.56 Å². The highest BCUT2D eigenvalue weighted by atomic mass is 32.1. The average molecular weight is 260 g/mol. The first-order valence-electron chi connectivity index (χ1n) is 5.81. The molecule has 0 bridgehead atoms. The number of pyridine rings is 1. The second kappa shape index (κ2) is 5.75. The van der Waals surface area contributed by atoms with Gasteiger partial charge < -0.3 is 16.4 Å². The van der Waals surface area contributed by atoms with E-state index in [1.807, 2.05) is 31.2 Å². The van der Waals surface area contributed by atoms with Gasteiger partial charge in [0.15, 0.2) is 5.11 Å². The second-order valence-electron chi connectivity index (χ2n) is 3.98. The number of hydrogen-bond donors (Lipinski definition) is 3. The van der Waals surface area contributed by atoms with E-state index < -0.39 is 0 Å².